The third-order valence-electron chi connectivity index (χ3n) is 5.59. The third-order valence-corrected chi connectivity index (χ3v) is 5.59. The van der Waals surface area contributed by atoms with Gasteiger partial charge in [0.2, 0.25) is 11.8 Å². The van der Waals surface area contributed by atoms with Gasteiger partial charge < -0.3 is 21.1 Å². The van der Waals surface area contributed by atoms with E-state index in [2.05, 4.69) is 29.8 Å². The summed E-state index contributed by atoms with van der Waals surface area (Å²) in [6, 6.07) is 7.95. The lowest BCUT2D eigenvalue weighted by Crippen LogP contribution is -2.49. The summed E-state index contributed by atoms with van der Waals surface area (Å²) in [5, 5.41) is 19.5. The quantitative estimate of drug-likeness (QED) is 0.503. The van der Waals surface area contributed by atoms with E-state index in [0.717, 1.165) is 22.9 Å². The lowest BCUT2D eigenvalue weighted by atomic mass is 9.92. The van der Waals surface area contributed by atoms with E-state index in [-0.39, 0.29) is 37.2 Å². The zero-order chi connectivity index (χ0) is 23.4. The molecule has 0 spiro atoms. The second-order valence-electron chi connectivity index (χ2n) is 8.57. The number of anilines is 1. The Hall–Kier alpha value is -2.84. The molecule has 0 saturated heterocycles. The molecule has 6 nitrogen and oxygen atoms in total. The second-order valence-corrected chi connectivity index (χ2v) is 8.57. The molecule has 0 bridgehead atoms. The summed E-state index contributed by atoms with van der Waals surface area (Å²) >= 11 is 0. The molecule has 2 aromatic carbocycles. The number of aliphatic hydroxyl groups is 1. The number of amides is 2. The molecule has 2 aromatic rings. The molecule has 0 aromatic heterocycles. The van der Waals surface area contributed by atoms with Crippen molar-refractivity contribution in [3.63, 3.8) is 0 Å². The normalized spacial score (nSPS) is 17.5. The molecule has 3 atom stereocenters. The Morgan fingerprint density at radius 2 is 1.88 bits per heavy atom. The predicted molar refractivity (Wildman–Crippen MR) is 118 cm³/mol. The Bertz CT molecular complexity index is 976. The highest BCUT2D eigenvalue weighted by Crippen LogP contribution is 2.33. The number of rotatable bonds is 8. The zero-order valence-electron chi connectivity index (χ0n) is 18.4. The van der Waals surface area contributed by atoms with Crippen LogP contribution in [0.4, 0.5) is 14.5 Å². The van der Waals surface area contributed by atoms with Gasteiger partial charge in [0.1, 0.15) is 11.6 Å². The van der Waals surface area contributed by atoms with E-state index in [1.54, 1.807) is 0 Å². The summed E-state index contributed by atoms with van der Waals surface area (Å²) in [6.07, 6.45) is -0.788. The molecular weight excluding hydrogens is 416 g/mol. The fraction of sp³-hybridized carbons (Fsp3) is 0.417. The SMILES string of the molecule is CC(=O)NC(Cc1cc(F)cc(F)c1)C(O)CNC1CC(=O)Nc2ccc(C(C)C)cc21. The van der Waals surface area contributed by atoms with Crippen LogP contribution in [-0.2, 0) is 16.0 Å². The largest absolute Gasteiger partial charge is 0.390 e. The van der Waals surface area contributed by atoms with E-state index < -0.39 is 23.8 Å². The van der Waals surface area contributed by atoms with Crippen molar-refractivity contribution in [2.75, 3.05) is 11.9 Å². The Morgan fingerprint density at radius 1 is 1.19 bits per heavy atom. The van der Waals surface area contributed by atoms with Crippen molar-refractivity contribution in [3.8, 4) is 0 Å². The Kier molecular flexibility index (Phi) is 7.58. The van der Waals surface area contributed by atoms with E-state index in [9.17, 15) is 23.5 Å². The highest BCUT2D eigenvalue weighted by Gasteiger charge is 2.28. The van der Waals surface area contributed by atoms with E-state index in [1.165, 1.54) is 19.1 Å². The highest BCUT2D eigenvalue weighted by molar-refractivity contribution is 5.94. The number of benzene rings is 2. The molecule has 1 aliphatic rings. The van der Waals surface area contributed by atoms with Gasteiger partial charge in [-0.2, -0.15) is 0 Å². The first-order chi connectivity index (χ1) is 15.1. The zero-order valence-corrected chi connectivity index (χ0v) is 18.4. The first-order valence-corrected chi connectivity index (χ1v) is 10.7. The number of nitrogens with one attached hydrogen (secondary N) is 3. The van der Waals surface area contributed by atoms with Gasteiger partial charge in [0.05, 0.1) is 12.1 Å². The predicted octanol–water partition coefficient (Wildman–Crippen LogP) is 3.17. The van der Waals surface area contributed by atoms with Crippen LogP contribution in [0.25, 0.3) is 0 Å². The lowest BCUT2D eigenvalue weighted by molar-refractivity contribution is -0.120. The summed E-state index contributed by atoms with van der Waals surface area (Å²) in [5.74, 6) is -1.62. The molecule has 0 aliphatic carbocycles. The van der Waals surface area contributed by atoms with Gasteiger partial charge >= 0.3 is 0 Å². The van der Waals surface area contributed by atoms with Crippen molar-refractivity contribution in [3.05, 3.63) is 64.7 Å². The van der Waals surface area contributed by atoms with Crippen LogP contribution < -0.4 is 16.0 Å². The van der Waals surface area contributed by atoms with Gasteiger partial charge in [-0.1, -0.05) is 26.0 Å². The van der Waals surface area contributed by atoms with Crippen LogP contribution in [0.15, 0.2) is 36.4 Å². The van der Waals surface area contributed by atoms with Gasteiger partial charge in [-0.25, -0.2) is 8.78 Å². The molecule has 8 heteroatoms. The van der Waals surface area contributed by atoms with Gasteiger partial charge in [0.25, 0.3) is 0 Å². The molecule has 0 fully saturated rings. The number of hydrogen-bond donors (Lipinski definition) is 4. The fourth-order valence-electron chi connectivity index (χ4n) is 3.95. The summed E-state index contributed by atoms with van der Waals surface area (Å²) in [5.41, 5.74) is 3.12. The first kappa shape index (κ1) is 23.8. The van der Waals surface area contributed by atoms with Gasteiger partial charge in [-0.3, -0.25) is 9.59 Å². The molecule has 2 amide bonds. The first-order valence-electron chi connectivity index (χ1n) is 10.7. The van der Waals surface area contributed by atoms with Crippen molar-refractivity contribution < 1.29 is 23.5 Å². The molecule has 0 radical (unpaired) electrons. The Labute approximate surface area is 186 Å². The molecule has 0 saturated carbocycles. The minimum Gasteiger partial charge on any atom is -0.390 e. The highest BCUT2D eigenvalue weighted by atomic mass is 19.1. The van der Waals surface area contributed by atoms with Crippen LogP contribution in [-0.4, -0.2) is 35.6 Å². The maximum Gasteiger partial charge on any atom is 0.226 e. The number of carbonyl (C=O) groups excluding carboxylic acids is 2. The van der Waals surface area contributed by atoms with Gasteiger partial charge in [0, 0.05) is 37.7 Å². The number of aliphatic hydroxyl groups excluding tert-OH is 1. The second kappa shape index (κ2) is 10.2. The molecule has 32 heavy (non-hydrogen) atoms. The van der Waals surface area contributed by atoms with Crippen molar-refractivity contribution >= 4 is 17.5 Å². The molecule has 1 aliphatic heterocycles. The Morgan fingerprint density at radius 3 is 2.50 bits per heavy atom. The van der Waals surface area contributed by atoms with Gasteiger partial charge in [0.15, 0.2) is 0 Å². The van der Waals surface area contributed by atoms with Crippen LogP contribution >= 0.6 is 0 Å². The molecule has 1 heterocycles. The topological polar surface area (TPSA) is 90.5 Å². The Balaban J connectivity index is 1.74. The summed E-state index contributed by atoms with van der Waals surface area (Å²) in [7, 11) is 0. The standard InChI is InChI=1S/C24H29F2N3O3/c1-13(2)16-4-5-20-19(9-16)21(11-24(32)29-20)27-12-23(31)22(28-14(3)30)8-15-6-17(25)10-18(26)7-15/h4-7,9-10,13,21-23,27,31H,8,11-12H2,1-3H3,(H,28,30)(H,29,32). The minimum atomic E-state index is -1.05. The lowest BCUT2D eigenvalue weighted by Gasteiger charge is -2.30. The van der Waals surface area contributed by atoms with E-state index >= 15 is 0 Å². The monoisotopic (exact) mass is 445 g/mol. The third kappa shape index (κ3) is 6.11. The van der Waals surface area contributed by atoms with Crippen molar-refractivity contribution in [2.45, 2.75) is 57.7 Å². The van der Waals surface area contributed by atoms with Crippen molar-refractivity contribution in [2.24, 2.45) is 0 Å². The van der Waals surface area contributed by atoms with Crippen LogP contribution in [0.3, 0.4) is 0 Å². The number of halogens is 2. The van der Waals surface area contributed by atoms with Crippen LogP contribution in [0, 0.1) is 11.6 Å². The summed E-state index contributed by atoms with van der Waals surface area (Å²) in [6.45, 7) is 5.56. The maximum absolute atomic E-state index is 13.6. The van der Waals surface area contributed by atoms with Crippen LogP contribution in [0.2, 0.25) is 0 Å². The van der Waals surface area contributed by atoms with E-state index in [1.807, 2.05) is 18.2 Å². The summed E-state index contributed by atoms with van der Waals surface area (Å²) < 4.78 is 27.1. The average molecular weight is 446 g/mol. The summed E-state index contributed by atoms with van der Waals surface area (Å²) in [4.78, 5) is 23.8. The van der Waals surface area contributed by atoms with Crippen molar-refractivity contribution in [1.82, 2.24) is 10.6 Å². The van der Waals surface area contributed by atoms with Crippen LogP contribution in [0.5, 0.6) is 0 Å². The molecule has 3 unspecified atom stereocenters. The average Bonchev–Trinajstić information content (AvgIpc) is 2.69. The van der Waals surface area contributed by atoms with E-state index in [4.69, 9.17) is 0 Å². The maximum atomic E-state index is 13.6. The molecular formula is C24H29F2N3O3. The van der Waals surface area contributed by atoms with Gasteiger partial charge in [-0.05, 0) is 47.2 Å². The fourth-order valence-corrected chi connectivity index (χ4v) is 3.95. The number of fused-ring (bicyclic) bond motifs is 1. The minimum absolute atomic E-state index is 0.0519. The molecule has 3 rings (SSSR count). The number of hydrogen-bond acceptors (Lipinski definition) is 4. The van der Waals surface area contributed by atoms with Gasteiger partial charge in [-0.15, -0.1) is 0 Å². The molecule has 4 N–H and O–H groups in total. The smallest absolute Gasteiger partial charge is 0.226 e. The molecule has 172 valence electrons. The van der Waals surface area contributed by atoms with E-state index in [0.29, 0.717) is 11.5 Å². The van der Waals surface area contributed by atoms with Crippen LogP contribution in [0.1, 0.15) is 55.8 Å². The van der Waals surface area contributed by atoms with Crippen molar-refractivity contribution in [1.29, 1.82) is 0 Å². The number of carbonyl (C=O) groups is 2.